The first kappa shape index (κ1) is 8.82. The molecule has 14 heavy (non-hydrogen) atoms. The Labute approximate surface area is 80.0 Å². The van der Waals surface area contributed by atoms with Crippen molar-refractivity contribution in [2.75, 3.05) is 0 Å². The van der Waals surface area contributed by atoms with Crippen LogP contribution in [0.5, 0.6) is 0 Å². The van der Waals surface area contributed by atoms with Gasteiger partial charge in [0.1, 0.15) is 6.10 Å². The SMILES string of the molecule is Cn1nnc(C(O)Cn2cccn2)n1. The van der Waals surface area contributed by atoms with Crippen molar-refractivity contribution in [3.8, 4) is 0 Å². The van der Waals surface area contributed by atoms with Crippen LogP contribution in [0.2, 0.25) is 0 Å². The summed E-state index contributed by atoms with van der Waals surface area (Å²) < 4.78 is 1.61. The van der Waals surface area contributed by atoms with Crippen molar-refractivity contribution in [2.45, 2.75) is 12.6 Å². The predicted octanol–water partition coefficient (Wildman–Crippen LogP) is -0.860. The van der Waals surface area contributed by atoms with Gasteiger partial charge in [0.05, 0.1) is 13.6 Å². The number of tetrazole rings is 1. The number of aromatic nitrogens is 6. The van der Waals surface area contributed by atoms with E-state index in [0.717, 1.165) is 0 Å². The van der Waals surface area contributed by atoms with Gasteiger partial charge in [0, 0.05) is 12.4 Å². The highest BCUT2D eigenvalue weighted by atomic mass is 16.3. The lowest BCUT2D eigenvalue weighted by atomic mass is 10.3. The second-order valence-corrected chi connectivity index (χ2v) is 2.88. The highest BCUT2D eigenvalue weighted by Crippen LogP contribution is 2.07. The Bertz CT molecular complexity index is 394. The van der Waals surface area contributed by atoms with Gasteiger partial charge in [0.15, 0.2) is 0 Å². The number of hydrogen-bond acceptors (Lipinski definition) is 5. The van der Waals surface area contributed by atoms with E-state index in [1.807, 2.05) is 0 Å². The largest absolute Gasteiger partial charge is 0.383 e. The van der Waals surface area contributed by atoms with E-state index in [4.69, 9.17) is 0 Å². The molecule has 1 atom stereocenters. The van der Waals surface area contributed by atoms with Crippen LogP contribution in [0.4, 0.5) is 0 Å². The minimum atomic E-state index is -0.774. The molecular weight excluding hydrogens is 184 g/mol. The maximum absolute atomic E-state index is 9.67. The maximum Gasteiger partial charge on any atom is 0.205 e. The normalized spacial score (nSPS) is 13.0. The molecule has 0 spiro atoms. The van der Waals surface area contributed by atoms with Crippen LogP contribution >= 0.6 is 0 Å². The highest BCUT2D eigenvalue weighted by Gasteiger charge is 2.13. The van der Waals surface area contributed by atoms with Gasteiger partial charge in [-0.3, -0.25) is 4.68 Å². The van der Waals surface area contributed by atoms with Gasteiger partial charge in [-0.2, -0.15) is 9.90 Å². The average molecular weight is 194 g/mol. The van der Waals surface area contributed by atoms with Crippen molar-refractivity contribution < 1.29 is 5.11 Å². The summed E-state index contributed by atoms with van der Waals surface area (Å²) in [5, 5.41) is 24.9. The molecule has 1 N–H and O–H groups in total. The van der Waals surface area contributed by atoms with Gasteiger partial charge >= 0.3 is 0 Å². The summed E-state index contributed by atoms with van der Waals surface area (Å²) in [5.74, 6) is 0.308. The molecule has 74 valence electrons. The second-order valence-electron chi connectivity index (χ2n) is 2.88. The van der Waals surface area contributed by atoms with Crippen molar-refractivity contribution in [1.29, 1.82) is 0 Å². The summed E-state index contributed by atoms with van der Waals surface area (Å²) in [5.41, 5.74) is 0. The molecule has 2 rings (SSSR count). The fourth-order valence-electron chi connectivity index (χ4n) is 1.10. The smallest absolute Gasteiger partial charge is 0.205 e. The third-order valence-electron chi connectivity index (χ3n) is 1.74. The third kappa shape index (κ3) is 1.77. The molecule has 1 unspecified atom stereocenters. The molecule has 7 heteroatoms. The van der Waals surface area contributed by atoms with Crippen molar-refractivity contribution in [2.24, 2.45) is 7.05 Å². The Morgan fingerprint density at radius 2 is 2.43 bits per heavy atom. The molecule has 7 nitrogen and oxygen atoms in total. The third-order valence-corrected chi connectivity index (χ3v) is 1.74. The molecular formula is C7H10N6O. The number of aliphatic hydroxyl groups is 1. The zero-order valence-electron chi connectivity index (χ0n) is 7.65. The fourth-order valence-corrected chi connectivity index (χ4v) is 1.10. The van der Waals surface area contributed by atoms with Gasteiger partial charge in [-0.15, -0.1) is 10.2 Å². The van der Waals surface area contributed by atoms with Crippen LogP contribution in [-0.4, -0.2) is 35.1 Å². The van der Waals surface area contributed by atoms with Gasteiger partial charge in [-0.25, -0.2) is 0 Å². The van der Waals surface area contributed by atoms with Crippen LogP contribution in [0, 0.1) is 0 Å². The van der Waals surface area contributed by atoms with E-state index in [-0.39, 0.29) is 0 Å². The molecule has 0 aliphatic rings. The van der Waals surface area contributed by atoms with E-state index < -0.39 is 6.10 Å². The van der Waals surface area contributed by atoms with E-state index >= 15 is 0 Å². The standard InChI is InChI=1S/C7H10N6O/c1-12-10-7(9-11-12)6(14)5-13-4-2-3-8-13/h2-4,6,14H,5H2,1H3. The van der Waals surface area contributed by atoms with E-state index in [9.17, 15) is 5.11 Å². The lowest BCUT2D eigenvalue weighted by molar-refractivity contribution is 0.142. The summed E-state index contributed by atoms with van der Waals surface area (Å²) in [6.45, 7) is 0.332. The first-order valence-corrected chi connectivity index (χ1v) is 4.15. The van der Waals surface area contributed by atoms with E-state index in [1.54, 1.807) is 30.2 Å². The van der Waals surface area contributed by atoms with Gasteiger partial charge in [-0.05, 0) is 11.3 Å². The molecule has 0 aliphatic heterocycles. The van der Waals surface area contributed by atoms with Crippen LogP contribution in [0.25, 0.3) is 0 Å². The Hall–Kier alpha value is -1.76. The summed E-state index contributed by atoms with van der Waals surface area (Å²) in [7, 11) is 1.65. The number of aliphatic hydroxyl groups excluding tert-OH is 1. The molecule has 0 amide bonds. The van der Waals surface area contributed by atoms with Crippen molar-refractivity contribution >= 4 is 0 Å². The number of aryl methyl sites for hydroxylation is 1. The number of nitrogens with zero attached hydrogens (tertiary/aromatic N) is 6. The first-order chi connectivity index (χ1) is 6.75. The quantitative estimate of drug-likeness (QED) is 0.687. The zero-order chi connectivity index (χ0) is 9.97. The van der Waals surface area contributed by atoms with E-state index in [1.165, 1.54) is 4.80 Å². The van der Waals surface area contributed by atoms with Crippen LogP contribution < -0.4 is 0 Å². The molecule has 0 saturated heterocycles. The molecule has 0 aliphatic carbocycles. The van der Waals surface area contributed by atoms with E-state index in [2.05, 4.69) is 20.5 Å². The fraction of sp³-hybridized carbons (Fsp3) is 0.429. The molecule has 2 heterocycles. The van der Waals surface area contributed by atoms with Crippen molar-refractivity contribution in [3.63, 3.8) is 0 Å². The number of rotatable bonds is 3. The van der Waals surface area contributed by atoms with Crippen molar-refractivity contribution in [1.82, 2.24) is 30.0 Å². The topological polar surface area (TPSA) is 81.6 Å². The molecule has 0 saturated carbocycles. The average Bonchev–Trinajstić information content (AvgIpc) is 2.75. The van der Waals surface area contributed by atoms with Crippen LogP contribution in [0.3, 0.4) is 0 Å². The van der Waals surface area contributed by atoms with Crippen molar-refractivity contribution in [3.05, 3.63) is 24.3 Å². The lowest BCUT2D eigenvalue weighted by Gasteiger charge is -2.05. The molecule has 0 radical (unpaired) electrons. The van der Waals surface area contributed by atoms with E-state index in [0.29, 0.717) is 12.4 Å². The first-order valence-electron chi connectivity index (χ1n) is 4.15. The van der Waals surface area contributed by atoms with Crippen LogP contribution in [0.15, 0.2) is 18.5 Å². The molecule has 0 bridgehead atoms. The van der Waals surface area contributed by atoms with Gasteiger partial charge in [0.2, 0.25) is 5.82 Å². The van der Waals surface area contributed by atoms with Gasteiger partial charge in [-0.1, -0.05) is 0 Å². The Morgan fingerprint density at radius 1 is 1.57 bits per heavy atom. The summed E-state index contributed by atoms with van der Waals surface area (Å²) >= 11 is 0. The Morgan fingerprint density at radius 3 is 3.00 bits per heavy atom. The van der Waals surface area contributed by atoms with Gasteiger partial charge in [0.25, 0.3) is 0 Å². The molecule has 0 fully saturated rings. The molecule has 2 aromatic rings. The highest BCUT2D eigenvalue weighted by molar-refractivity contribution is 4.85. The van der Waals surface area contributed by atoms with Gasteiger partial charge < -0.3 is 5.11 Å². The Kier molecular flexibility index (Phi) is 2.23. The molecule has 0 aromatic carbocycles. The predicted molar refractivity (Wildman–Crippen MR) is 46.0 cm³/mol. The second kappa shape index (κ2) is 3.54. The lowest BCUT2D eigenvalue weighted by Crippen LogP contribution is -2.10. The summed E-state index contributed by atoms with van der Waals surface area (Å²) in [6, 6.07) is 1.79. The minimum absolute atomic E-state index is 0.308. The molecule has 2 aromatic heterocycles. The Balaban J connectivity index is 2.06. The zero-order valence-corrected chi connectivity index (χ0v) is 7.65. The number of hydrogen-bond donors (Lipinski definition) is 1. The van der Waals surface area contributed by atoms with Crippen LogP contribution in [0.1, 0.15) is 11.9 Å². The van der Waals surface area contributed by atoms with Crippen LogP contribution in [-0.2, 0) is 13.6 Å². The minimum Gasteiger partial charge on any atom is -0.383 e. The maximum atomic E-state index is 9.67. The monoisotopic (exact) mass is 194 g/mol. The summed E-state index contributed by atoms with van der Waals surface area (Å²) in [4.78, 5) is 1.31. The summed E-state index contributed by atoms with van der Waals surface area (Å²) in [6.07, 6.45) is 2.64.